The summed E-state index contributed by atoms with van der Waals surface area (Å²) in [6.07, 6.45) is 2.35. The highest BCUT2D eigenvalue weighted by Gasteiger charge is 2.14. The summed E-state index contributed by atoms with van der Waals surface area (Å²) in [5.74, 6) is 0. The second kappa shape index (κ2) is 6.74. The third-order valence-corrected chi connectivity index (χ3v) is 4.09. The predicted molar refractivity (Wildman–Crippen MR) is 86.4 cm³/mol. The summed E-state index contributed by atoms with van der Waals surface area (Å²) in [4.78, 5) is 0. The fraction of sp³-hybridized carbons (Fsp3) is 0.333. The monoisotopic (exact) mass is 282 g/mol. The molecule has 1 heterocycles. The second-order valence-electron chi connectivity index (χ2n) is 5.51. The van der Waals surface area contributed by atoms with Gasteiger partial charge in [0.2, 0.25) is 0 Å². The first-order valence-corrected chi connectivity index (χ1v) is 7.62. The van der Waals surface area contributed by atoms with Crippen molar-refractivity contribution in [2.45, 2.75) is 25.4 Å². The van der Waals surface area contributed by atoms with Crippen LogP contribution in [0.25, 0.3) is 0 Å². The van der Waals surface area contributed by atoms with Crippen LogP contribution in [0.4, 0.5) is 5.69 Å². The van der Waals surface area contributed by atoms with Crippen LogP contribution in [0.5, 0.6) is 0 Å². The summed E-state index contributed by atoms with van der Waals surface area (Å²) in [5, 5.41) is 16.6. The number of para-hydroxylation sites is 1. The molecule has 0 bridgehead atoms. The van der Waals surface area contributed by atoms with Crippen LogP contribution in [-0.2, 0) is 13.0 Å². The number of aliphatic hydroxyl groups excluding tert-OH is 1. The summed E-state index contributed by atoms with van der Waals surface area (Å²) < 4.78 is 0. The van der Waals surface area contributed by atoms with Crippen molar-refractivity contribution < 1.29 is 5.11 Å². The minimum absolute atomic E-state index is 0.0225. The van der Waals surface area contributed by atoms with Gasteiger partial charge < -0.3 is 15.7 Å². The molecule has 0 radical (unpaired) electrons. The number of aryl methyl sites for hydroxylation is 1. The van der Waals surface area contributed by atoms with E-state index in [1.165, 1.54) is 23.2 Å². The molecule has 0 amide bonds. The lowest BCUT2D eigenvalue weighted by atomic mass is 9.99. The molecule has 0 fully saturated rings. The molecule has 0 saturated carbocycles. The number of hydrogen-bond donors (Lipinski definition) is 3. The summed E-state index contributed by atoms with van der Waals surface area (Å²) in [6.45, 7) is 1.91. The molecule has 0 aromatic heterocycles. The van der Waals surface area contributed by atoms with Gasteiger partial charge in [0.1, 0.15) is 0 Å². The molecule has 3 rings (SSSR count). The minimum atomic E-state index is -0.0225. The third kappa shape index (κ3) is 3.26. The molecule has 2 aromatic carbocycles. The Morgan fingerprint density at radius 2 is 1.95 bits per heavy atom. The number of nitrogens with one attached hydrogen (secondary N) is 2. The van der Waals surface area contributed by atoms with Gasteiger partial charge in [0.05, 0.1) is 12.6 Å². The van der Waals surface area contributed by atoms with Crippen LogP contribution in [0, 0.1) is 0 Å². The van der Waals surface area contributed by atoms with E-state index >= 15 is 0 Å². The van der Waals surface area contributed by atoms with E-state index < -0.39 is 0 Å². The molecule has 0 aliphatic carbocycles. The van der Waals surface area contributed by atoms with Crippen LogP contribution in [0.15, 0.2) is 48.5 Å². The van der Waals surface area contributed by atoms with Gasteiger partial charge >= 0.3 is 0 Å². The Morgan fingerprint density at radius 3 is 2.76 bits per heavy atom. The molecule has 1 aliphatic rings. The Hall–Kier alpha value is -1.84. The first-order valence-electron chi connectivity index (χ1n) is 7.62. The van der Waals surface area contributed by atoms with Crippen molar-refractivity contribution in [3.8, 4) is 0 Å². The second-order valence-corrected chi connectivity index (χ2v) is 5.51. The Balaban J connectivity index is 1.72. The summed E-state index contributed by atoms with van der Waals surface area (Å²) in [7, 11) is 0. The van der Waals surface area contributed by atoms with Crippen molar-refractivity contribution in [1.29, 1.82) is 0 Å². The summed E-state index contributed by atoms with van der Waals surface area (Å²) in [5.41, 5.74) is 5.08. The highest BCUT2D eigenvalue weighted by Crippen LogP contribution is 2.26. The Kier molecular flexibility index (Phi) is 4.53. The minimum Gasteiger partial charge on any atom is -0.394 e. The molecule has 2 aromatic rings. The topological polar surface area (TPSA) is 44.3 Å². The molecular weight excluding hydrogens is 260 g/mol. The van der Waals surface area contributed by atoms with Gasteiger partial charge in [-0.2, -0.15) is 0 Å². The van der Waals surface area contributed by atoms with Crippen LogP contribution < -0.4 is 10.6 Å². The number of anilines is 1. The lowest BCUT2D eigenvalue weighted by molar-refractivity contribution is 0.243. The van der Waals surface area contributed by atoms with Crippen LogP contribution in [0.2, 0.25) is 0 Å². The molecule has 3 nitrogen and oxygen atoms in total. The molecule has 3 N–H and O–H groups in total. The zero-order valence-corrected chi connectivity index (χ0v) is 12.2. The van der Waals surface area contributed by atoms with Crippen molar-refractivity contribution >= 4 is 5.69 Å². The average Bonchev–Trinajstić information content (AvgIpc) is 2.56. The number of rotatable bonds is 5. The van der Waals surface area contributed by atoms with E-state index in [9.17, 15) is 5.11 Å². The van der Waals surface area contributed by atoms with E-state index in [1.54, 1.807) is 0 Å². The molecule has 110 valence electrons. The van der Waals surface area contributed by atoms with Crippen LogP contribution in [0.3, 0.4) is 0 Å². The zero-order chi connectivity index (χ0) is 14.5. The largest absolute Gasteiger partial charge is 0.394 e. The fourth-order valence-electron chi connectivity index (χ4n) is 2.93. The number of aliphatic hydroxyl groups is 1. The van der Waals surface area contributed by atoms with Gasteiger partial charge in [-0.05, 0) is 29.5 Å². The van der Waals surface area contributed by atoms with Crippen molar-refractivity contribution in [2.24, 2.45) is 0 Å². The van der Waals surface area contributed by atoms with E-state index in [0.29, 0.717) is 0 Å². The average molecular weight is 282 g/mol. The summed E-state index contributed by atoms with van der Waals surface area (Å²) >= 11 is 0. The molecule has 21 heavy (non-hydrogen) atoms. The molecule has 1 aliphatic heterocycles. The predicted octanol–water partition coefficient (Wildman–Crippen LogP) is 2.87. The smallest absolute Gasteiger partial charge is 0.0626 e. The molecule has 1 atom stereocenters. The van der Waals surface area contributed by atoms with Crippen LogP contribution in [0.1, 0.15) is 29.2 Å². The SMILES string of the molecule is OCC(NCc1cccc2c1NCCC2)c1ccccc1. The van der Waals surface area contributed by atoms with Crippen molar-refractivity contribution in [1.82, 2.24) is 5.32 Å². The van der Waals surface area contributed by atoms with Crippen molar-refractivity contribution in [3.63, 3.8) is 0 Å². The van der Waals surface area contributed by atoms with Crippen molar-refractivity contribution in [3.05, 3.63) is 65.2 Å². The highest BCUT2D eigenvalue weighted by molar-refractivity contribution is 5.59. The van der Waals surface area contributed by atoms with E-state index in [2.05, 4.69) is 28.8 Å². The van der Waals surface area contributed by atoms with Crippen LogP contribution in [-0.4, -0.2) is 18.3 Å². The normalized spacial score (nSPS) is 15.1. The van der Waals surface area contributed by atoms with Gasteiger partial charge in [0, 0.05) is 18.8 Å². The van der Waals surface area contributed by atoms with Gasteiger partial charge in [0.25, 0.3) is 0 Å². The maximum Gasteiger partial charge on any atom is 0.0626 e. The Labute approximate surface area is 126 Å². The van der Waals surface area contributed by atoms with Gasteiger partial charge in [-0.3, -0.25) is 0 Å². The lowest BCUT2D eigenvalue weighted by Crippen LogP contribution is -2.25. The summed E-state index contributed by atoms with van der Waals surface area (Å²) in [6, 6.07) is 16.6. The number of hydrogen-bond acceptors (Lipinski definition) is 3. The van der Waals surface area contributed by atoms with E-state index in [-0.39, 0.29) is 12.6 Å². The first-order chi connectivity index (χ1) is 10.4. The zero-order valence-electron chi connectivity index (χ0n) is 12.2. The highest BCUT2D eigenvalue weighted by atomic mass is 16.3. The van der Waals surface area contributed by atoms with Gasteiger partial charge in [0.15, 0.2) is 0 Å². The van der Waals surface area contributed by atoms with Crippen molar-refractivity contribution in [2.75, 3.05) is 18.5 Å². The lowest BCUT2D eigenvalue weighted by Gasteiger charge is -2.23. The third-order valence-electron chi connectivity index (χ3n) is 4.09. The van der Waals surface area contributed by atoms with Gasteiger partial charge in [-0.25, -0.2) is 0 Å². The van der Waals surface area contributed by atoms with E-state index in [4.69, 9.17) is 0 Å². The number of fused-ring (bicyclic) bond motifs is 1. The Bertz CT molecular complexity index is 583. The number of benzene rings is 2. The quantitative estimate of drug-likeness (QED) is 0.790. The molecule has 3 heteroatoms. The van der Waals surface area contributed by atoms with Gasteiger partial charge in [-0.15, -0.1) is 0 Å². The molecule has 1 unspecified atom stereocenters. The Morgan fingerprint density at radius 1 is 1.10 bits per heavy atom. The van der Waals surface area contributed by atoms with Crippen LogP contribution >= 0.6 is 0 Å². The molecule has 0 spiro atoms. The molecular formula is C18H22N2O. The van der Waals surface area contributed by atoms with Gasteiger partial charge in [-0.1, -0.05) is 48.5 Å². The molecule has 0 saturated heterocycles. The maximum atomic E-state index is 9.62. The van der Waals surface area contributed by atoms with E-state index in [0.717, 1.165) is 25.1 Å². The van der Waals surface area contributed by atoms with E-state index in [1.807, 2.05) is 30.3 Å². The standard InChI is InChI=1S/C18H22N2O/c21-13-17(14-6-2-1-3-7-14)20-12-16-9-4-8-15-10-5-11-19-18(15)16/h1-4,6-9,17,19-21H,5,10-13H2. The first kappa shape index (κ1) is 14.1. The maximum absolute atomic E-state index is 9.62. The fourth-order valence-corrected chi connectivity index (χ4v) is 2.93.